The zero-order chi connectivity index (χ0) is 14.5. The minimum Gasteiger partial charge on any atom is -0.310 e. The third-order valence-electron chi connectivity index (χ3n) is 3.98. The van der Waals surface area contributed by atoms with Crippen LogP contribution in [0.4, 0.5) is 8.78 Å². The van der Waals surface area contributed by atoms with Crippen LogP contribution in [0.5, 0.6) is 0 Å². The summed E-state index contributed by atoms with van der Waals surface area (Å²) in [7, 11) is 0. The molecule has 0 amide bonds. The van der Waals surface area contributed by atoms with Crippen molar-refractivity contribution in [3.8, 4) is 0 Å². The average Bonchev–Trinajstić information content (AvgIpc) is 2.92. The molecule has 1 aromatic rings. The summed E-state index contributed by atoms with van der Waals surface area (Å²) in [5.41, 5.74) is 0.789. The molecule has 112 valence electrons. The summed E-state index contributed by atoms with van der Waals surface area (Å²) >= 11 is 0. The SMILES string of the molecule is CC(CNC(C)c1ccc(F)c(F)c1)CN1CCCC1. The predicted octanol–water partition coefficient (Wildman–Crippen LogP) is 3.35. The van der Waals surface area contributed by atoms with E-state index in [1.165, 1.54) is 38.1 Å². The Morgan fingerprint density at radius 3 is 2.50 bits per heavy atom. The Hall–Kier alpha value is -1.00. The first kappa shape index (κ1) is 15.4. The van der Waals surface area contributed by atoms with Gasteiger partial charge in [0.05, 0.1) is 0 Å². The highest BCUT2D eigenvalue weighted by Gasteiger charge is 2.15. The molecule has 1 aliphatic heterocycles. The van der Waals surface area contributed by atoms with Gasteiger partial charge in [-0.2, -0.15) is 0 Å². The fraction of sp³-hybridized carbons (Fsp3) is 0.625. The second-order valence-electron chi connectivity index (χ2n) is 5.92. The molecule has 1 heterocycles. The monoisotopic (exact) mass is 282 g/mol. The summed E-state index contributed by atoms with van der Waals surface area (Å²) in [6.45, 7) is 8.62. The van der Waals surface area contributed by atoms with E-state index in [-0.39, 0.29) is 6.04 Å². The topological polar surface area (TPSA) is 15.3 Å². The van der Waals surface area contributed by atoms with Crippen LogP contribution in [0.1, 0.15) is 38.3 Å². The maximum atomic E-state index is 13.2. The molecule has 4 heteroatoms. The summed E-state index contributed by atoms with van der Waals surface area (Å²) in [5, 5.41) is 3.40. The van der Waals surface area contributed by atoms with Crippen molar-refractivity contribution < 1.29 is 8.78 Å². The van der Waals surface area contributed by atoms with E-state index >= 15 is 0 Å². The smallest absolute Gasteiger partial charge is 0.159 e. The number of halogens is 2. The first-order valence-electron chi connectivity index (χ1n) is 7.47. The molecule has 0 aliphatic carbocycles. The predicted molar refractivity (Wildman–Crippen MR) is 77.6 cm³/mol. The van der Waals surface area contributed by atoms with Crippen molar-refractivity contribution in [2.24, 2.45) is 5.92 Å². The Bertz CT molecular complexity index is 430. The van der Waals surface area contributed by atoms with E-state index < -0.39 is 11.6 Å². The van der Waals surface area contributed by atoms with Gasteiger partial charge in [0.1, 0.15) is 0 Å². The molecule has 0 aromatic heterocycles. The Labute approximate surface area is 120 Å². The second-order valence-corrected chi connectivity index (χ2v) is 5.92. The van der Waals surface area contributed by atoms with E-state index in [1.54, 1.807) is 6.07 Å². The zero-order valence-corrected chi connectivity index (χ0v) is 12.3. The minimum absolute atomic E-state index is 0.0335. The summed E-state index contributed by atoms with van der Waals surface area (Å²) in [6, 6.07) is 4.14. The maximum Gasteiger partial charge on any atom is 0.159 e. The number of benzene rings is 1. The lowest BCUT2D eigenvalue weighted by Crippen LogP contribution is -2.32. The van der Waals surface area contributed by atoms with Gasteiger partial charge in [-0.05, 0) is 63.0 Å². The van der Waals surface area contributed by atoms with Crippen molar-refractivity contribution in [1.29, 1.82) is 0 Å². The number of nitrogens with one attached hydrogen (secondary N) is 1. The van der Waals surface area contributed by atoms with Crippen LogP contribution in [0.2, 0.25) is 0 Å². The molecule has 0 radical (unpaired) electrons. The van der Waals surface area contributed by atoms with Crippen molar-refractivity contribution in [2.75, 3.05) is 26.2 Å². The third-order valence-corrected chi connectivity index (χ3v) is 3.98. The number of nitrogens with zero attached hydrogens (tertiary/aromatic N) is 1. The maximum absolute atomic E-state index is 13.2. The van der Waals surface area contributed by atoms with Crippen LogP contribution in [-0.2, 0) is 0 Å². The van der Waals surface area contributed by atoms with Crippen LogP contribution in [-0.4, -0.2) is 31.1 Å². The van der Waals surface area contributed by atoms with Crippen LogP contribution < -0.4 is 5.32 Å². The van der Waals surface area contributed by atoms with Crippen LogP contribution >= 0.6 is 0 Å². The molecule has 1 aromatic carbocycles. The Balaban J connectivity index is 1.78. The molecule has 1 saturated heterocycles. The molecule has 1 fully saturated rings. The second kappa shape index (κ2) is 7.14. The minimum atomic E-state index is -0.789. The van der Waals surface area contributed by atoms with E-state index in [9.17, 15) is 8.78 Å². The first-order chi connectivity index (χ1) is 9.56. The van der Waals surface area contributed by atoms with Gasteiger partial charge in [-0.1, -0.05) is 13.0 Å². The molecule has 2 nitrogen and oxygen atoms in total. The Morgan fingerprint density at radius 2 is 1.85 bits per heavy atom. The largest absolute Gasteiger partial charge is 0.310 e. The molecule has 0 spiro atoms. The fourth-order valence-electron chi connectivity index (χ4n) is 2.75. The lowest BCUT2D eigenvalue weighted by molar-refractivity contribution is 0.279. The molecular formula is C16H24F2N2. The molecular weight excluding hydrogens is 258 g/mol. The Kier molecular flexibility index (Phi) is 5.49. The van der Waals surface area contributed by atoms with Crippen LogP contribution in [0.3, 0.4) is 0 Å². The van der Waals surface area contributed by atoms with Crippen molar-refractivity contribution in [3.63, 3.8) is 0 Å². The molecule has 0 saturated carbocycles. The van der Waals surface area contributed by atoms with Crippen LogP contribution in [0, 0.1) is 17.6 Å². The number of hydrogen-bond donors (Lipinski definition) is 1. The molecule has 1 N–H and O–H groups in total. The highest BCUT2D eigenvalue weighted by molar-refractivity contribution is 5.20. The van der Waals surface area contributed by atoms with Gasteiger partial charge in [-0.15, -0.1) is 0 Å². The average molecular weight is 282 g/mol. The summed E-state index contributed by atoms with van der Waals surface area (Å²) in [6.07, 6.45) is 2.62. The number of likely N-dealkylation sites (tertiary alicyclic amines) is 1. The first-order valence-corrected chi connectivity index (χ1v) is 7.47. The lowest BCUT2D eigenvalue weighted by Gasteiger charge is -2.22. The van der Waals surface area contributed by atoms with Gasteiger partial charge in [0.2, 0.25) is 0 Å². The van der Waals surface area contributed by atoms with E-state index in [1.807, 2.05) is 6.92 Å². The normalized spacial score (nSPS) is 19.2. The molecule has 2 atom stereocenters. The Morgan fingerprint density at radius 1 is 1.15 bits per heavy atom. The van der Waals surface area contributed by atoms with Gasteiger partial charge in [-0.3, -0.25) is 0 Å². The van der Waals surface area contributed by atoms with E-state index in [2.05, 4.69) is 17.1 Å². The molecule has 20 heavy (non-hydrogen) atoms. The molecule has 0 bridgehead atoms. The quantitative estimate of drug-likeness (QED) is 0.861. The molecule has 2 rings (SSSR count). The van der Waals surface area contributed by atoms with Crippen LogP contribution in [0.25, 0.3) is 0 Å². The van der Waals surface area contributed by atoms with E-state index in [0.29, 0.717) is 5.92 Å². The van der Waals surface area contributed by atoms with Gasteiger partial charge in [0.25, 0.3) is 0 Å². The number of hydrogen-bond acceptors (Lipinski definition) is 2. The van der Waals surface area contributed by atoms with Crippen molar-refractivity contribution in [3.05, 3.63) is 35.4 Å². The van der Waals surface area contributed by atoms with Crippen molar-refractivity contribution in [2.45, 2.75) is 32.7 Å². The van der Waals surface area contributed by atoms with Gasteiger partial charge in [0, 0.05) is 12.6 Å². The standard InChI is InChI=1S/C16H24F2N2/c1-12(11-20-7-3-4-8-20)10-19-13(2)14-5-6-15(17)16(18)9-14/h5-6,9,12-13,19H,3-4,7-8,10-11H2,1-2H3. The number of rotatable bonds is 6. The van der Waals surface area contributed by atoms with Crippen molar-refractivity contribution >= 4 is 0 Å². The highest BCUT2D eigenvalue weighted by atomic mass is 19.2. The van der Waals surface area contributed by atoms with Crippen LogP contribution in [0.15, 0.2) is 18.2 Å². The molecule has 2 unspecified atom stereocenters. The summed E-state index contributed by atoms with van der Waals surface area (Å²) in [4.78, 5) is 2.49. The van der Waals surface area contributed by atoms with E-state index in [4.69, 9.17) is 0 Å². The van der Waals surface area contributed by atoms with Crippen molar-refractivity contribution in [1.82, 2.24) is 10.2 Å². The lowest BCUT2D eigenvalue weighted by atomic mass is 10.1. The van der Waals surface area contributed by atoms with Gasteiger partial charge in [0.15, 0.2) is 11.6 Å². The van der Waals surface area contributed by atoms with Gasteiger partial charge < -0.3 is 10.2 Å². The third kappa shape index (κ3) is 4.25. The highest BCUT2D eigenvalue weighted by Crippen LogP contribution is 2.16. The van der Waals surface area contributed by atoms with E-state index in [0.717, 1.165) is 18.7 Å². The van der Waals surface area contributed by atoms with Gasteiger partial charge >= 0.3 is 0 Å². The fourth-order valence-corrected chi connectivity index (χ4v) is 2.75. The summed E-state index contributed by atoms with van der Waals surface area (Å²) in [5.74, 6) is -1.01. The zero-order valence-electron chi connectivity index (χ0n) is 12.3. The van der Waals surface area contributed by atoms with Gasteiger partial charge in [-0.25, -0.2) is 8.78 Å². The summed E-state index contributed by atoms with van der Waals surface area (Å²) < 4.78 is 26.1. The molecule has 1 aliphatic rings.